The monoisotopic (exact) mass is 246 g/mol. The van der Waals surface area contributed by atoms with Crippen LogP contribution in [0.25, 0.3) is 0 Å². The van der Waals surface area contributed by atoms with Crippen LogP contribution >= 0.6 is 0 Å². The van der Waals surface area contributed by atoms with Crippen molar-refractivity contribution in [1.29, 1.82) is 0 Å². The Morgan fingerprint density at radius 2 is 2.06 bits per heavy atom. The molecule has 2 heteroatoms. The molecule has 0 aliphatic carbocycles. The van der Waals surface area contributed by atoms with Gasteiger partial charge < -0.3 is 10.6 Å². The van der Waals surface area contributed by atoms with E-state index in [0.717, 1.165) is 19.5 Å². The summed E-state index contributed by atoms with van der Waals surface area (Å²) in [5.41, 5.74) is 8.80. The molecule has 0 amide bonds. The summed E-state index contributed by atoms with van der Waals surface area (Å²) in [6, 6.07) is 8.83. The Morgan fingerprint density at radius 1 is 1.22 bits per heavy atom. The van der Waals surface area contributed by atoms with Gasteiger partial charge in [-0.2, -0.15) is 0 Å². The van der Waals surface area contributed by atoms with Gasteiger partial charge in [0, 0.05) is 18.8 Å². The quantitative estimate of drug-likeness (QED) is 0.781. The predicted octanol–water partition coefficient (Wildman–Crippen LogP) is 3.20. The molecule has 1 atom stereocenters. The molecule has 0 radical (unpaired) electrons. The molecule has 1 heterocycles. The second kappa shape index (κ2) is 6.79. The van der Waals surface area contributed by atoms with E-state index < -0.39 is 0 Å². The van der Waals surface area contributed by atoms with Crippen molar-refractivity contribution in [2.24, 2.45) is 11.7 Å². The third-order valence-corrected chi connectivity index (χ3v) is 3.93. The van der Waals surface area contributed by atoms with Crippen molar-refractivity contribution >= 4 is 5.69 Å². The van der Waals surface area contributed by atoms with Crippen LogP contribution in [-0.4, -0.2) is 19.6 Å². The van der Waals surface area contributed by atoms with Gasteiger partial charge in [0.25, 0.3) is 0 Å². The highest BCUT2D eigenvalue weighted by Crippen LogP contribution is 2.29. The molecule has 100 valence electrons. The van der Waals surface area contributed by atoms with E-state index in [-0.39, 0.29) is 0 Å². The minimum absolute atomic E-state index is 0.631. The lowest BCUT2D eigenvalue weighted by atomic mass is 9.92. The molecule has 1 aromatic carbocycles. The van der Waals surface area contributed by atoms with Gasteiger partial charge >= 0.3 is 0 Å². The molecule has 1 aliphatic rings. The van der Waals surface area contributed by atoms with Crippen LogP contribution in [0.15, 0.2) is 24.3 Å². The van der Waals surface area contributed by atoms with E-state index >= 15 is 0 Å². The summed E-state index contributed by atoms with van der Waals surface area (Å²) in [5.74, 6) is 0.631. The number of rotatable bonds is 6. The number of fused-ring (bicyclic) bond motifs is 1. The van der Waals surface area contributed by atoms with E-state index in [1.54, 1.807) is 0 Å². The van der Waals surface area contributed by atoms with Gasteiger partial charge in [0.2, 0.25) is 0 Å². The van der Waals surface area contributed by atoms with Gasteiger partial charge in [-0.25, -0.2) is 0 Å². The third-order valence-electron chi connectivity index (χ3n) is 3.93. The van der Waals surface area contributed by atoms with Crippen molar-refractivity contribution < 1.29 is 0 Å². The fraction of sp³-hybridized carbons (Fsp3) is 0.625. The van der Waals surface area contributed by atoms with Gasteiger partial charge in [0.15, 0.2) is 0 Å². The maximum Gasteiger partial charge on any atom is 0.0398 e. The number of nitrogens with zero attached hydrogens (tertiary/aromatic N) is 1. The van der Waals surface area contributed by atoms with Crippen LogP contribution < -0.4 is 10.6 Å². The van der Waals surface area contributed by atoms with Crippen LogP contribution in [0, 0.1) is 5.92 Å². The first-order valence-electron chi connectivity index (χ1n) is 7.38. The molecular formula is C16H26N2. The number of hydrogen-bond donors (Lipinski definition) is 1. The van der Waals surface area contributed by atoms with E-state index in [0.29, 0.717) is 5.92 Å². The first kappa shape index (κ1) is 13.4. The molecule has 0 fully saturated rings. The average Bonchev–Trinajstić information content (AvgIpc) is 2.43. The lowest BCUT2D eigenvalue weighted by Crippen LogP contribution is -2.39. The Kier molecular flexibility index (Phi) is 5.06. The number of unbranched alkanes of at least 4 members (excludes halogenated alkanes) is 3. The van der Waals surface area contributed by atoms with E-state index in [9.17, 15) is 0 Å². The molecular weight excluding hydrogens is 220 g/mol. The van der Waals surface area contributed by atoms with Gasteiger partial charge in [-0.15, -0.1) is 0 Å². The smallest absolute Gasteiger partial charge is 0.0398 e. The van der Waals surface area contributed by atoms with E-state index in [1.165, 1.54) is 43.5 Å². The molecule has 0 saturated carbocycles. The van der Waals surface area contributed by atoms with Crippen LogP contribution in [0.5, 0.6) is 0 Å². The number of nitrogens with two attached hydrogens (primary N) is 1. The Labute approximate surface area is 111 Å². The SMILES string of the molecule is CCCCCCN1CC(CN)Cc2ccccc21. The number of benzene rings is 1. The summed E-state index contributed by atoms with van der Waals surface area (Å²) in [4.78, 5) is 2.55. The average molecular weight is 246 g/mol. The molecule has 2 N–H and O–H groups in total. The highest BCUT2D eigenvalue weighted by Gasteiger charge is 2.22. The maximum absolute atomic E-state index is 5.87. The van der Waals surface area contributed by atoms with Crippen molar-refractivity contribution in [3.8, 4) is 0 Å². The maximum atomic E-state index is 5.87. The molecule has 2 nitrogen and oxygen atoms in total. The molecule has 1 aliphatic heterocycles. The zero-order valence-corrected chi connectivity index (χ0v) is 11.6. The number of anilines is 1. The Balaban J connectivity index is 2.00. The van der Waals surface area contributed by atoms with Crippen molar-refractivity contribution in [3.63, 3.8) is 0 Å². The predicted molar refractivity (Wildman–Crippen MR) is 79.0 cm³/mol. The van der Waals surface area contributed by atoms with Gasteiger partial charge in [-0.1, -0.05) is 44.4 Å². The summed E-state index contributed by atoms with van der Waals surface area (Å²) in [6.07, 6.45) is 6.47. The normalized spacial score (nSPS) is 18.8. The second-order valence-corrected chi connectivity index (χ2v) is 5.44. The standard InChI is InChI=1S/C16H26N2/c1-2-3-4-7-10-18-13-14(12-17)11-15-8-5-6-9-16(15)18/h5-6,8-9,14H,2-4,7,10-13,17H2,1H3. The summed E-state index contributed by atoms with van der Waals surface area (Å²) >= 11 is 0. The highest BCUT2D eigenvalue weighted by molar-refractivity contribution is 5.55. The Hall–Kier alpha value is -1.02. The highest BCUT2D eigenvalue weighted by atomic mass is 15.1. The third kappa shape index (κ3) is 3.26. The summed E-state index contributed by atoms with van der Waals surface area (Å²) in [7, 11) is 0. The molecule has 1 unspecified atom stereocenters. The van der Waals surface area contributed by atoms with E-state index in [1.807, 2.05) is 0 Å². The van der Waals surface area contributed by atoms with Crippen molar-refractivity contribution in [2.45, 2.75) is 39.0 Å². The fourth-order valence-electron chi connectivity index (χ4n) is 2.88. The van der Waals surface area contributed by atoms with Crippen molar-refractivity contribution in [3.05, 3.63) is 29.8 Å². The van der Waals surface area contributed by atoms with Crippen molar-refractivity contribution in [2.75, 3.05) is 24.5 Å². The number of para-hydroxylation sites is 1. The fourth-order valence-corrected chi connectivity index (χ4v) is 2.88. The molecule has 0 aromatic heterocycles. The second-order valence-electron chi connectivity index (χ2n) is 5.44. The Morgan fingerprint density at radius 3 is 2.83 bits per heavy atom. The molecule has 0 spiro atoms. The van der Waals surface area contributed by atoms with Crippen molar-refractivity contribution in [1.82, 2.24) is 0 Å². The van der Waals surface area contributed by atoms with Gasteiger partial charge in [-0.05, 0) is 36.9 Å². The Bertz CT molecular complexity index is 362. The number of hydrogen-bond acceptors (Lipinski definition) is 2. The molecule has 1 aromatic rings. The molecule has 0 saturated heterocycles. The van der Waals surface area contributed by atoms with Crippen LogP contribution in [-0.2, 0) is 6.42 Å². The van der Waals surface area contributed by atoms with Crippen LogP contribution in [0.3, 0.4) is 0 Å². The first-order valence-corrected chi connectivity index (χ1v) is 7.38. The minimum atomic E-state index is 0.631. The molecule has 2 rings (SSSR count). The van der Waals surface area contributed by atoms with Crippen LogP contribution in [0.2, 0.25) is 0 Å². The van der Waals surface area contributed by atoms with E-state index in [2.05, 4.69) is 36.1 Å². The molecule has 18 heavy (non-hydrogen) atoms. The summed E-state index contributed by atoms with van der Waals surface area (Å²) in [5, 5.41) is 0. The van der Waals surface area contributed by atoms with Crippen LogP contribution in [0.4, 0.5) is 5.69 Å². The lowest BCUT2D eigenvalue weighted by Gasteiger charge is -2.35. The topological polar surface area (TPSA) is 29.3 Å². The zero-order valence-electron chi connectivity index (χ0n) is 11.6. The largest absolute Gasteiger partial charge is 0.371 e. The minimum Gasteiger partial charge on any atom is -0.371 e. The summed E-state index contributed by atoms with van der Waals surface area (Å²) in [6.45, 7) is 5.40. The van der Waals surface area contributed by atoms with Crippen LogP contribution in [0.1, 0.15) is 38.2 Å². The first-order chi connectivity index (χ1) is 8.85. The molecule has 0 bridgehead atoms. The van der Waals surface area contributed by atoms with E-state index in [4.69, 9.17) is 5.73 Å². The lowest BCUT2D eigenvalue weighted by molar-refractivity contribution is 0.491. The zero-order chi connectivity index (χ0) is 12.8. The van der Waals surface area contributed by atoms with Gasteiger partial charge in [0.05, 0.1) is 0 Å². The van der Waals surface area contributed by atoms with Gasteiger partial charge in [0.1, 0.15) is 0 Å². The van der Waals surface area contributed by atoms with Gasteiger partial charge in [-0.3, -0.25) is 0 Å². The summed E-state index contributed by atoms with van der Waals surface area (Å²) < 4.78 is 0.